The summed E-state index contributed by atoms with van der Waals surface area (Å²) < 4.78 is 23.8. The third-order valence-electron chi connectivity index (χ3n) is 2.42. The van der Waals surface area contributed by atoms with E-state index in [0.29, 0.717) is 15.6 Å². The lowest BCUT2D eigenvalue weighted by Gasteiger charge is -2.03. The second kappa shape index (κ2) is 6.26. The lowest BCUT2D eigenvalue weighted by atomic mass is 10.2. The fraction of sp³-hybridized carbons (Fsp3) is 0. The third-order valence-corrected chi connectivity index (χ3v) is 4.32. The molecule has 0 amide bonds. The van der Waals surface area contributed by atoms with Gasteiger partial charge in [0.05, 0.1) is 21.2 Å². The van der Waals surface area contributed by atoms with Gasteiger partial charge in [-0.05, 0) is 24.3 Å². The zero-order valence-corrected chi connectivity index (χ0v) is 12.5. The molecule has 0 saturated heterocycles. The van der Waals surface area contributed by atoms with Crippen molar-refractivity contribution in [2.24, 2.45) is 5.10 Å². The summed E-state index contributed by atoms with van der Waals surface area (Å²) in [5.74, 6) is 0. The highest BCUT2D eigenvalue weighted by atomic mass is 35.5. The van der Waals surface area contributed by atoms with Gasteiger partial charge in [0, 0.05) is 5.56 Å². The Balaban J connectivity index is 2.19. The van der Waals surface area contributed by atoms with Crippen molar-refractivity contribution in [1.29, 1.82) is 0 Å². The summed E-state index contributed by atoms with van der Waals surface area (Å²) in [4.78, 5) is 2.23. The maximum Gasteiger partial charge on any atom is 0.276 e. The number of halogens is 2. The van der Waals surface area contributed by atoms with Crippen LogP contribution in [0.5, 0.6) is 0 Å². The maximum atomic E-state index is 11.9. The Morgan fingerprint density at radius 3 is 2.15 bits per heavy atom. The largest absolute Gasteiger partial charge is 0.276 e. The van der Waals surface area contributed by atoms with E-state index in [1.807, 2.05) is 0 Å². The van der Waals surface area contributed by atoms with E-state index >= 15 is 0 Å². The predicted octanol–water partition coefficient (Wildman–Crippen LogP) is 3.31. The first kappa shape index (κ1) is 14.8. The van der Waals surface area contributed by atoms with Gasteiger partial charge >= 0.3 is 0 Å². The molecule has 20 heavy (non-hydrogen) atoms. The maximum absolute atomic E-state index is 11.9. The Morgan fingerprint density at radius 1 is 0.950 bits per heavy atom. The van der Waals surface area contributed by atoms with Crippen molar-refractivity contribution in [1.82, 2.24) is 4.83 Å². The van der Waals surface area contributed by atoms with Crippen LogP contribution >= 0.6 is 23.2 Å². The molecule has 0 radical (unpaired) electrons. The highest BCUT2D eigenvalue weighted by Gasteiger charge is 2.11. The van der Waals surface area contributed by atoms with Gasteiger partial charge in [0.15, 0.2) is 0 Å². The molecule has 0 heterocycles. The average Bonchev–Trinajstić information content (AvgIpc) is 2.43. The van der Waals surface area contributed by atoms with E-state index in [1.54, 1.807) is 36.4 Å². The Kier molecular flexibility index (Phi) is 4.65. The van der Waals surface area contributed by atoms with Gasteiger partial charge in [-0.25, -0.2) is 4.83 Å². The lowest BCUT2D eigenvalue weighted by molar-refractivity contribution is 0.584. The van der Waals surface area contributed by atoms with Gasteiger partial charge in [-0.2, -0.15) is 13.5 Å². The molecule has 0 aliphatic heterocycles. The van der Waals surface area contributed by atoms with Crippen LogP contribution < -0.4 is 4.83 Å². The summed E-state index contributed by atoms with van der Waals surface area (Å²) in [6, 6.07) is 12.9. The summed E-state index contributed by atoms with van der Waals surface area (Å²) in [5.41, 5.74) is 0.451. The van der Waals surface area contributed by atoms with Gasteiger partial charge in [-0.1, -0.05) is 47.5 Å². The van der Waals surface area contributed by atoms with Crippen LogP contribution in [-0.2, 0) is 10.0 Å². The predicted molar refractivity (Wildman–Crippen MR) is 80.8 cm³/mol. The number of hydrogen-bond donors (Lipinski definition) is 1. The molecule has 0 atom stereocenters. The molecule has 0 fully saturated rings. The van der Waals surface area contributed by atoms with Gasteiger partial charge in [0.25, 0.3) is 10.0 Å². The smallest absolute Gasteiger partial charge is 0.200 e. The molecule has 2 aromatic rings. The molecule has 0 aliphatic rings. The molecule has 0 spiro atoms. The monoisotopic (exact) mass is 328 g/mol. The van der Waals surface area contributed by atoms with E-state index in [0.717, 1.165) is 0 Å². The zero-order valence-electron chi connectivity index (χ0n) is 10.1. The molecule has 2 aromatic carbocycles. The highest BCUT2D eigenvalue weighted by molar-refractivity contribution is 7.89. The number of hydrazone groups is 1. The van der Waals surface area contributed by atoms with Gasteiger partial charge in [0.2, 0.25) is 0 Å². The SMILES string of the molecule is O=S(=O)(N/N=C/c1c(Cl)cccc1Cl)c1ccccc1. The van der Waals surface area contributed by atoms with Crippen LogP contribution in [0.15, 0.2) is 58.5 Å². The van der Waals surface area contributed by atoms with Crippen LogP contribution in [0, 0.1) is 0 Å². The minimum absolute atomic E-state index is 0.127. The molecule has 104 valence electrons. The van der Waals surface area contributed by atoms with E-state index in [1.165, 1.54) is 18.3 Å². The quantitative estimate of drug-likeness (QED) is 0.691. The normalized spacial score (nSPS) is 11.7. The molecule has 0 unspecified atom stereocenters. The fourth-order valence-electron chi connectivity index (χ4n) is 1.45. The molecule has 2 rings (SSSR count). The lowest BCUT2D eigenvalue weighted by Crippen LogP contribution is -2.18. The highest BCUT2D eigenvalue weighted by Crippen LogP contribution is 2.22. The van der Waals surface area contributed by atoms with E-state index in [9.17, 15) is 8.42 Å². The number of sulfonamides is 1. The van der Waals surface area contributed by atoms with Crippen LogP contribution in [0.4, 0.5) is 0 Å². The summed E-state index contributed by atoms with van der Waals surface area (Å²) in [6.07, 6.45) is 1.27. The number of rotatable bonds is 4. The second-order valence-corrected chi connectivity index (χ2v) is 6.28. The van der Waals surface area contributed by atoms with Crippen molar-refractivity contribution in [3.05, 3.63) is 64.1 Å². The van der Waals surface area contributed by atoms with Gasteiger partial charge in [-0.15, -0.1) is 0 Å². The van der Waals surface area contributed by atoms with E-state index in [2.05, 4.69) is 9.93 Å². The van der Waals surface area contributed by atoms with Gasteiger partial charge < -0.3 is 0 Å². The molecule has 0 aromatic heterocycles. The molecule has 7 heteroatoms. The minimum Gasteiger partial charge on any atom is -0.200 e. The molecule has 4 nitrogen and oxygen atoms in total. The first-order chi connectivity index (χ1) is 9.50. The summed E-state index contributed by atoms with van der Waals surface area (Å²) in [6.45, 7) is 0. The van der Waals surface area contributed by atoms with Crippen LogP contribution in [0.3, 0.4) is 0 Å². The number of benzene rings is 2. The molecule has 0 bridgehead atoms. The van der Waals surface area contributed by atoms with Crippen molar-refractivity contribution >= 4 is 39.4 Å². The summed E-state index contributed by atoms with van der Waals surface area (Å²) >= 11 is 11.9. The first-order valence-corrected chi connectivity index (χ1v) is 7.78. The Hall–Kier alpha value is -1.56. The number of nitrogens with zero attached hydrogens (tertiary/aromatic N) is 1. The molecular formula is C13H10Cl2N2O2S. The van der Waals surface area contributed by atoms with Crippen LogP contribution in [-0.4, -0.2) is 14.6 Å². The average molecular weight is 329 g/mol. The van der Waals surface area contributed by atoms with E-state index < -0.39 is 10.0 Å². The molecule has 0 aliphatic carbocycles. The van der Waals surface area contributed by atoms with Gasteiger partial charge in [-0.3, -0.25) is 0 Å². The van der Waals surface area contributed by atoms with Crippen molar-refractivity contribution in [2.75, 3.05) is 0 Å². The Morgan fingerprint density at radius 2 is 1.55 bits per heavy atom. The van der Waals surface area contributed by atoms with Gasteiger partial charge in [0.1, 0.15) is 0 Å². The van der Waals surface area contributed by atoms with Crippen LogP contribution in [0.1, 0.15) is 5.56 Å². The van der Waals surface area contributed by atoms with Crippen LogP contribution in [0.2, 0.25) is 10.0 Å². The van der Waals surface area contributed by atoms with Crippen molar-refractivity contribution in [3.63, 3.8) is 0 Å². The fourth-order valence-corrected chi connectivity index (χ4v) is 2.75. The topological polar surface area (TPSA) is 58.5 Å². The van der Waals surface area contributed by atoms with E-state index in [-0.39, 0.29) is 4.90 Å². The molecule has 0 saturated carbocycles. The van der Waals surface area contributed by atoms with Crippen LogP contribution in [0.25, 0.3) is 0 Å². The summed E-state index contributed by atoms with van der Waals surface area (Å²) in [5, 5.41) is 4.46. The third kappa shape index (κ3) is 3.50. The molecule has 1 N–H and O–H groups in total. The molecular weight excluding hydrogens is 319 g/mol. The van der Waals surface area contributed by atoms with Crippen molar-refractivity contribution < 1.29 is 8.42 Å². The Labute approximate surface area is 127 Å². The zero-order chi connectivity index (χ0) is 14.6. The second-order valence-electron chi connectivity index (χ2n) is 3.80. The van der Waals surface area contributed by atoms with E-state index in [4.69, 9.17) is 23.2 Å². The Bertz CT molecular complexity index is 711. The number of hydrogen-bond acceptors (Lipinski definition) is 3. The summed E-state index contributed by atoms with van der Waals surface area (Å²) in [7, 11) is -3.69. The minimum atomic E-state index is -3.69. The first-order valence-electron chi connectivity index (χ1n) is 5.54. The van der Waals surface area contributed by atoms with Crippen molar-refractivity contribution in [2.45, 2.75) is 4.90 Å². The number of nitrogens with one attached hydrogen (secondary N) is 1. The standard InChI is InChI=1S/C13H10Cl2N2O2S/c14-12-7-4-8-13(15)11(12)9-16-17-20(18,19)10-5-2-1-3-6-10/h1-9,17H/b16-9+. The van der Waals surface area contributed by atoms with Crippen molar-refractivity contribution in [3.8, 4) is 0 Å².